The lowest BCUT2D eigenvalue weighted by atomic mass is 10.1. The molecule has 1 fully saturated rings. The van der Waals surface area contributed by atoms with Gasteiger partial charge >= 0.3 is 5.69 Å². The molecule has 2 aromatic rings. The van der Waals surface area contributed by atoms with E-state index in [4.69, 9.17) is 9.47 Å². The lowest BCUT2D eigenvalue weighted by Gasteiger charge is -2.15. The second kappa shape index (κ2) is 6.25. The van der Waals surface area contributed by atoms with E-state index in [0.29, 0.717) is 18.2 Å². The van der Waals surface area contributed by atoms with Crippen LogP contribution in [-0.4, -0.2) is 28.3 Å². The van der Waals surface area contributed by atoms with Gasteiger partial charge in [0.2, 0.25) is 0 Å². The third kappa shape index (κ3) is 3.32. The molecule has 1 atom stereocenters. The van der Waals surface area contributed by atoms with Gasteiger partial charge < -0.3 is 14.5 Å². The molecule has 6 heteroatoms. The van der Waals surface area contributed by atoms with Gasteiger partial charge in [-0.2, -0.15) is 0 Å². The number of pyridine rings is 1. The highest BCUT2D eigenvalue weighted by atomic mass is 16.5. The van der Waals surface area contributed by atoms with Gasteiger partial charge in [-0.25, -0.2) is 4.79 Å². The number of ether oxygens (including phenoxy) is 2. The average molecular weight is 303 g/mol. The average Bonchev–Trinajstić information content (AvgIpc) is 3.28. The normalized spacial score (nSPS) is 15.5. The van der Waals surface area contributed by atoms with E-state index in [1.165, 1.54) is 12.8 Å². The predicted molar refractivity (Wildman–Crippen MR) is 82.5 cm³/mol. The second-order valence-electron chi connectivity index (χ2n) is 5.83. The van der Waals surface area contributed by atoms with Crippen molar-refractivity contribution in [3.8, 4) is 11.5 Å². The fourth-order valence-corrected chi connectivity index (χ4v) is 2.35. The molecule has 2 aromatic heterocycles. The first kappa shape index (κ1) is 14.7. The van der Waals surface area contributed by atoms with Gasteiger partial charge in [-0.1, -0.05) is 6.92 Å². The van der Waals surface area contributed by atoms with E-state index in [2.05, 4.69) is 9.97 Å². The highest BCUT2D eigenvalue weighted by Gasteiger charge is 2.23. The molecule has 0 bridgehead atoms. The Kier molecular flexibility index (Phi) is 4.18. The van der Waals surface area contributed by atoms with Gasteiger partial charge in [0.25, 0.3) is 0 Å². The molecule has 2 heterocycles. The number of nitrogens with zero attached hydrogens (tertiary/aromatic N) is 2. The van der Waals surface area contributed by atoms with Crippen molar-refractivity contribution in [1.29, 1.82) is 0 Å². The predicted octanol–water partition coefficient (Wildman–Crippen LogP) is 2.17. The maximum Gasteiger partial charge on any atom is 0.325 e. The van der Waals surface area contributed by atoms with Crippen LogP contribution in [0.2, 0.25) is 0 Å². The first-order valence-corrected chi connectivity index (χ1v) is 7.58. The van der Waals surface area contributed by atoms with Gasteiger partial charge in [0.15, 0.2) is 11.5 Å². The smallest absolute Gasteiger partial charge is 0.325 e. The third-order valence-electron chi connectivity index (χ3n) is 3.94. The minimum absolute atomic E-state index is 0.0997. The Morgan fingerprint density at radius 1 is 1.45 bits per heavy atom. The molecule has 0 aliphatic heterocycles. The van der Waals surface area contributed by atoms with Crippen LogP contribution in [0.15, 0.2) is 29.5 Å². The molecule has 1 N–H and O–H groups in total. The van der Waals surface area contributed by atoms with Crippen LogP contribution in [-0.2, 0) is 6.54 Å². The van der Waals surface area contributed by atoms with E-state index < -0.39 is 0 Å². The zero-order valence-corrected chi connectivity index (χ0v) is 12.9. The zero-order chi connectivity index (χ0) is 15.5. The summed E-state index contributed by atoms with van der Waals surface area (Å²) in [5, 5.41) is 0. The Labute approximate surface area is 129 Å². The minimum Gasteiger partial charge on any atom is -0.491 e. The van der Waals surface area contributed by atoms with Crippen molar-refractivity contribution in [2.75, 3.05) is 13.7 Å². The van der Waals surface area contributed by atoms with Crippen LogP contribution in [0, 0.1) is 5.92 Å². The van der Waals surface area contributed by atoms with Crippen LogP contribution in [0.4, 0.5) is 0 Å². The van der Waals surface area contributed by atoms with E-state index in [1.807, 2.05) is 13.0 Å². The molecule has 6 nitrogen and oxygen atoms in total. The van der Waals surface area contributed by atoms with E-state index in [9.17, 15) is 4.79 Å². The Morgan fingerprint density at radius 2 is 2.27 bits per heavy atom. The van der Waals surface area contributed by atoms with Crippen LogP contribution in [0.5, 0.6) is 11.5 Å². The lowest BCUT2D eigenvalue weighted by Crippen LogP contribution is -2.19. The van der Waals surface area contributed by atoms with Crippen molar-refractivity contribution in [3.63, 3.8) is 0 Å². The fraction of sp³-hybridized carbons (Fsp3) is 0.500. The zero-order valence-electron chi connectivity index (χ0n) is 12.9. The molecule has 0 spiro atoms. The van der Waals surface area contributed by atoms with E-state index >= 15 is 0 Å². The largest absolute Gasteiger partial charge is 0.491 e. The van der Waals surface area contributed by atoms with Crippen molar-refractivity contribution in [3.05, 3.63) is 40.8 Å². The molecule has 3 rings (SSSR count). The molecular weight excluding hydrogens is 282 g/mol. The number of rotatable bonds is 7. The summed E-state index contributed by atoms with van der Waals surface area (Å²) >= 11 is 0. The molecule has 1 aliphatic carbocycles. The third-order valence-corrected chi connectivity index (χ3v) is 3.94. The molecule has 1 unspecified atom stereocenters. The van der Waals surface area contributed by atoms with E-state index in [1.54, 1.807) is 30.3 Å². The van der Waals surface area contributed by atoms with Crippen molar-refractivity contribution in [1.82, 2.24) is 14.5 Å². The Hall–Kier alpha value is -2.24. The van der Waals surface area contributed by atoms with Gasteiger partial charge in [0, 0.05) is 36.6 Å². The van der Waals surface area contributed by atoms with Crippen molar-refractivity contribution < 1.29 is 9.47 Å². The van der Waals surface area contributed by atoms with Crippen LogP contribution < -0.4 is 15.2 Å². The number of methoxy groups -OCH3 is 1. The molecular formula is C16H21N3O3. The molecule has 0 radical (unpaired) electrons. The summed E-state index contributed by atoms with van der Waals surface area (Å²) in [7, 11) is 1.61. The summed E-state index contributed by atoms with van der Waals surface area (Å²) in [5.41, 5.74) is 0.783. The number of imidazole rings is 1. The summed E-state index contributed by atoms with van der Waals surface area (Å²) in [6.45, 7) is 3.34. The number of aromatic nitrogens is 3. The molecule has 118 valence electrons. The molecule has 1 aliphatic rings. The van der Waals surface area contributed by atoms with Gasteiger partial charge in [0.1, 0.15) is 0 Å². The summed E-state index contributed by atoms with van der Waals surface area (Å²) in [4.78, 5) is 18.6. The first-order chi connectivity index (χ1) is 10.7. The van der Waals surface area contributed by atoms with Crippen LogP contribution in [0.3, 0.4) is 0 Å². The maximum atomic E-state index is 11.6. The van der Waals surface area contributed by atoms with Crippen molar-refractivity contribution in [2.45, 2.75) is 32.2 Å². The first-order valence-electron chi connectivity index (χ1n) is 7.58. The topological polar surface area (TPSA) is 69.1 Å². The molecule has 0 aromatic carbocycles. The number of H-pyrrole nitrogens is 1. The summed E-state index contributed by atoms with van der Waals surface area (Å²) in [6.07, 6.45) is 7.56. The van der Waals surface area contributed by atoms with Gasteiger partial charge in [-0.05, 0) is 18.8 Å². The Bertz CT molecular complexity index is 688. The lowest BCUT2D eigenvalue weighted by molar-refractivity contribution is 0.279. The summed E-state index contributed by atoms with van der Waals surface area (Å²) < 4.78 is 12.8. The number of nitrogens with one attached hydrogen (secondary N) is 1. The van der Waals surface area contributed by atoms with Crippen molar-refractivity contribution >= 4 is 0 Å². The maximum absolute atomic E-state index is 11.6. The number of hydrogen-bond acceptors (Lipinski definition) is 4. The quantitative estimate of drug-likeness (QED) is 0.851. The standard InChI is InChI=1S/C16H21N3O3/c1-11(9-19-6-5-17-16(19)20)13-7-14(15(21-2)8-18-13)22-10-12-3-4-12/h5-8,11-12H,3-4,9-10H2,1-2H3,(H,17,20). The minimum atomic E-state index is -0.106. The van der Waals surface area contributed by atoms with Crippen LogP contribution in [0.1, 0.15) is 31.4 Å². The Balaban J connectivity index is 1.75. The summed E-state index contributed by atoms with van der Waals surface area (Å²) in [5.74, 6) is 2.16. The monoisotopic (exact) mass is 303 g/mol. The fourth-order valence-electron chi connectivity index (χ4n) is 2.35. The highest BCUT2D eigenvalue weighted by molar-refractivity contribution is 5.39. The number of aromatic amines is 1. The summed E-state index contributed by atoms with van der Waals surface area (Å²) in [6, 6.07) is 1.92. The van der Waals surface area contributed by atoms with E-state index in [0.717, 1.165) is 18.1 Å². The van der Waals surface area contributed by atoms with Gasteiger partial charge in [-0.15, -0.1) is 0 Å². The van der Waals surface area contributed by atoms with Crippen LogP contribution in [0.25, 0.3) is 0 Å². The molecule has 0 amide bonds. The number of hydrogen-bond donors (Lipinski definition) is 1. The van der Waals surface area contributed by atoms with E-state index in [-0.39, 0.29) is 11.6 Å². The second-order valence-corrected chi connectivity index (χ2v) is 5.83. The highest BCUT2D eigenvalue weighted by Crippen LogP contribution is 2.33. The van der Waals surface area contributed by atoms with Gasteiger partial charge in [0.05, 0.1) is 19.9 Å². The Morgan fingerprint density at radius 3 is 2.91 bits per heavy atom. The van der Waals surface area contributed by atoms with Crippen LogP contribution >= 0.6 is 0 Å². The molecule has 22 heavy (non-hydrogen) atoms. The molecule has 1 saturated carbocycles. The molecule has 0 saturated heterocycles. The van der Waals surface area contributed by atoms with Crippen molar-refractivity contribution in [2.24, 2.45) is 5.92 Å². The SMILES string of the molecule is COc1cnc(C(C)Cn2cc[nH]c2=O)cc1OCC1CC1. The van der Waals surface area contributed by atoms with Gasteiger partial charge in [-0.3, -0.25) is 9.55 Å².